The van der Waals surface area contributed by atoms with Crippen LogP contribution in [0, 0.1) is 6.92 Å². The third-order valence-corrected chi connectivity index (χ3v) is 4.76. The van der Waals surface area contributed by atoms with Gasteiger partial charge in [0.05, 0.1) is 0 Å². The number of carbonyl (C=O) groups is 1. The van der Waals surface area contributed by atoms with E-state index in [9.17, 15) is 4.79 Å². The molecule has 2 N–H and O–H groups in total. The molecule has 0 atom stereocenters. The van der Waals surface area contributed by atoms with Crippen LogP contribution in [-0.4, -0.2) is 25.4 Å². The van der Waals surface area contributed by atoms with E-state index in [2.05, 4.69) is 32.5 Å². The fourth-order valence-corrected chi connectivity index (χ4v) is 3.05. The number of anilines is 3. The van der Waals surface area contributed by atoms with Gasteiger partial charge in [0.25, 0.3) is 5.91 Å². The molecule has 2 heterocycles. The summed E-state index contributed by atoms with van der Waals surface area (Å²) >= 11 is 0. The largest absolute Gasteiger partial charge is 0.340 e. The Morgan fingerprint density at radius 3 is 2.37 bits per heavy atom. The van der Waals surface area contributed by atoms with Crippen molar-refractivity contribution in [1.29, 1.82) is 0 Å². The van der Waals surface area contributed by atoms with Crippen LogP contribution < -0.4 is 10.6 Å². The SMILES string of the molecule is CCc1ccc(C(=O)Nc2ccc(Nc3cc(-n4ccnc4C)ncn3)cc2)cc1. The Bertz CT molecular complexity index is 1150. The molecule has 150 valence electrons. The van der Waals surface area contributed by atoms with Gasteiger partial charge in [-0.2, -0.15) is 0 Å². The van der Waals surface area contributed by atoms with E-state index in [0.717, 1.165) is 29.4 Å². The van der Waals surface area contributed by atoms with Crippen molar-refractivity contribution in [1.82, 2.24) is 19.5 Å². The molecule has 2 aromatic heterocycles. The summed E-state index contributed by atoms with van der Waals surface area (Å²) in [5, 5.41) is 6.17. The normalized spacial score (nSPS) is 10.6. The maximum atomic E-state index is 12.4. The molecule has 0 aliphatic heterocycles. The van der Waals surface area contributed by atoms with Gasteiger partial charge < -0.3 is 10.6 Å². The van der Waals surface area contributed by atoms with Crippen molar-refractivity contribution in [3.8, 4) is 5.82 Å². The van der Waals surface area contributed by atoms with Crippen LogP contribution >= 0.6 is 0 Å². The van der Waals surface area contributed by atoms with Crippen LogP contribution in [-0.2, 0) is 6.42 Å². The highest BCUT2D eigenvalue weighted by atomic mass is 16.1. The van der Waals surface area contributed by atoms with Gasteiger partial charge in [-0.25, -0.2) is 15.0 Å². The number of carbonyl (C=O) groups excluding carboxylic acids is 1. The Kier molecular flexibility index (Phi) is 5.52. The number of benzene rings is 2. The Balaban J connectivity index is 1.42. The second-order valence-electron chi connectivity index (χ2n) is 6.81. The van der Waals surface area contributed by atoms with Crippen LogP contribution in [0.3, 0.4) is 0 Å². The molecule has 4 rings (SSSR count). The Hall–Kier alpha value is -4.00. The second-order valence-corrected chi connectivity index (χ2v) is 6.81. The summed E-state index contributed by atoms with van der Waals surface area (Å²) < 4.78 is 1.89. The second kappa shape index (κ2) is 8.57. The molecule has 7 nitrogen and oxygen atoms in total. The summed E-state index contributed by atoms with van der Waals surface area (Å²) in [6.45, 7) is 4.01. The molecule has 0 unspecified atom stereocenters. The lowest BCUT2D eigenvalue weighted by Crippen LogP contribution is -2.11. The van der Waals surface area contributed by atoms with Crippen molar-refractivity contribution in [2.45, 2.75) is 20.3 Å². The summed E-state index contributed by atoms with van der Waals surface area (Å²) in [6, 6.07) is 17.0. The van der Waals surface area contributed by atoms with E-state index >= 15 is 0 Å². The van der Waals surface area contributed by atoms with E-state index in [1.165, 1.54) is 11.9 Å². The number of hydrogen-bond acceptors (Lipinski definition) is 5. The first kappa shape index (κ1) is 19.3. The van der Waals surface area contributed by atoms with Crippen molar-refractivity contribution in [2.24, 2.45) is 0 Å². The number of aryl methyl sites for hydroxylation is 2. The summed E-state index contributed by atoms with van der Waals surface area (Å²) in [5.74, 6) is 2.12. The van der Waals surface area contributed by atoms with Crippen LogP contribution in [0.25, 0.3) is 5.82 Å². The Morgan fingerprint density at radius 1 is 0.967 bits per heavy atom. The first-order chi connectivity index (χ1) is 14.6. The highest BCUT2D eigenvalue weighted by Gasteiger charge is 2.07. The van der Waals surface area contributed by atoms with Gasteiger partial charge in [-0.15, -0.1) is 0 Å². The molecule has 1 amide bonds. The molecular formula is C23H22N6O. The zero-order valence-corrected chi connectivity index (χ0v) is 16.8. The third kappa shape index (κ3) is 4.35. The minimum Gasteiger partial charge on any atom is -0.340 e. The van der Waals surface area contributed by atoms with Crippen LogP contribution in [0.5, 0.6) is 0 Å². The minimum atomic E-state index is -0.130. The molecule has 2 aromatic carbocycles. The van der Waals surface area contributed by atoms with Crippen LogP contribution in [0.2, 0.25) is 0 Å². The number of nitrogens with one attached hydrogen (secondary N) is 2. The molecular weight excluding hydrogens is 376 g/mol. The molecule has 0 aliphatic carbocycles. The van der Waals surface area contributed by atoms with E-state index in [-0.39, 0.29) is 5.91 Å². The first-order valence-electron chi connectivity index (χ1n) is 9.72. The van der Waals surface area contributed by atoms with Crippen molar-refractivity contribution in [3.63, 3.8) is 0 Å². The molecule has 4 aromatic rings. The maximum Gasteiger partial charge on any atom is 0.255 e. The predicted octanol–water partition coefficient (Wildman–Crippen LogP) is 4.53. The average Bonchev–Trinajstić information content (AvgIpc) is 3.21. The minimum absolute atomic E-state index is 0.130. The monoisotopic (exact) mass is 398 g/mol. The van der Waals surface area contributed by atoms with E-state index in [0.29, 0.717) is 11.4 Å². The summed E-state index contributed by atoms with van der Waals surface area (Å²) in [6.07, 6.45) is 6.05. The predicted molar refractivity (Wildman–Crippen MR) is 117 cm³/mol. The van der Waals surface area contributed by atoms with Gasteiger partial charge in [0.1, 0.15) is 23.8 Å². The number of rotatable bonds is 6. The molecule has 0 saturated carbocycles. The van der Waals surface area contributed by atoms with E-state index < -0.39 is 0 Å². The smallest absolute Gasteiger partial charge is 0.255 e. The van der Waals surface area contributed by atoms with E-state index in [4.69, 9.17) is 0 Å². The lowest BCUT2D eigenvalue weighted by Gasteiger charge is -2.10. The summed E-state index contributed by atoms with van der Waals surface area (Å²) in [4.78, 5) is 25.2. The van der Waals surface area contributed by atoms with Crippen LogP contribution in [0.4, 0.5) is 17.2 Å². The maximum absolute atomic E-state index is 12.4. The van der Waals surface area contributed by atoms with Crippen LogP contribution in [0.1, 0.15) is 28.7 Å². The standard InChI is InChI=1S/C23H22N6O/c1-3-17-4-6-18(7-5-17)23(30)28-20-10-8-19(9-11-20)27-21-14-22(26-15-25-21)29-13-12-24-16(29)2/h4-15H,3H2,1-2H3,(H,28,30)(H,25,26,27). The average molecular weight is 398 g/mol. The number of hydrogen-bond donors (Lipinski definition) is 2. The summed E-state index contributed by atoms with van der Waals surface area (Å²) in [7, 11) is 0. The van der Waals surface area contributed by atoms with E-state index in [1.54, 1.807) is 6.20 Å². The molecule has 0 fully saturated rings. The molecule has 0 saturated heterocycles. The van der Waals surface area contributed by atoms with Crippen molar-refractivity contribution in [2.75, 3.05) is 10.6 Å². The third-order valence-electron chi connectivity index (χ3n) is 4.76. The van der Waals surface area contributed by atoms with Gasteiger partial charge in [0, 0.05) is 35.4 Å². The first-order valence-corrected chi connectivity index (χ1v) is 9.72. The Labute approximate surface area is 174 Å². The number of aromatic nitrogens is 4. The van der Waals surface area contributed by atoms with Gasteiger partial charge in [0.2, 0.25) is 0 Å². The number of nitrogens with zero attached hydrogens (tertiary/aromatic N) is 4. The van der Waals surface area contributed by atoms with Crippen molar-refractivity contribution in [3.05, 3.63) is 90.3 Å². The lowest BCUT2D eigenvalue weighted by atomic mass is 10.1. The molecule has 0 bridgehead atoms. The number of imidazole rings is 1. The molecule has 0 spiro atoms. The summed E-state index contributed by atoms with van der Waals surface area (Å²) in [5.41, 5.74) is 3.42. The zero-order valence-electron chi connectivity index (χ0n) is 16.8. The molecule has 0 aliphatic rings. The Morgan fingerprint density at radius 2 is 1.70 bits per heavy atom. The fraction of sp³-hybridized carbons (Fsp3) is 0.130. The van der Waals surface area contributed by atoms with Crippen molar-refractivity contribution < 1.29 is 4.79 Å². The molecule has 7 heteroatoms. The van der Waals surface area contributed by atoms with Gasteiger partial charge in [0.15, 0.2) is 0 Å². The van der Waals surface area contributed by atoms with Gasteiger partial charge in [-0.3, -0.25) is 9.36 Å². The van der Waals surface area contributed by atoms with Crippen molar-refractivity contribution >= 4 is 23.1 Å². The van der Waals surface area contributed by atoms with Crippen LogP contribution in [0.15, 0.2) is 73.3 Å². The topological polar surface area (TPSA) is 84.7 Å². The van der Waals surface area contributed by atoms with Gasteiger partial charge >= 0.3 is 0 Å². The fourth-order valence-electron chi connectivity index (χ4n) is 3.05. The highest BCUT2D eigenvalue weighted by molar-refractivity contribution is 6.04. The molecule has 0 radical (unpaired) electrons. The highest BCUT2D eigenvalue weighted by Crippen LogP contribution is 2.19. The number of amides is 1. The lowest BCUT2D eigenvalue weighted by molar-refractivity contribution is 0.102. The quantitative estimate of drug-likeness (QED) is 0.498. The van der Waals surface area contributed by atoms with E-state index in [1.807, 2.05) is 72.3 Å². The zero-order chi connectivity index (χ0) is 20.9. The van der Waals surface area contributed by atoms with Gasteiger partial charge in [-0.1, -0.05) is 19.1 Å². The van der Waals surface area contributed by atoms with Gasteiger partial charge in [-0.05, 0) is 55.3 Å². The molecule has 30 heavy (non-hydrogen) atoms.